The number of para-hydroxylation sites is 17. The number of aromatic amines is 1. The van der Waals surface area contributed by atoms with E-state index in [-0.39, 0.29) is 49.6 Å². The Bertz CT molecular complexity index is 5690. The minimum absolute atomic E-state index is 0. The molecule has 0 bridgehead atoms. The molecule has 3 aliphatic heterocycles. The van der Waals surface area contributed by atoms with Gasteiger partial charge in [0.05, 0.1) is 108 Å². The number of rotatable bonds is 9. The highest BCUT2D eigenvalue weighted by atomic mass is 19.1. The van der Waals surface area contributed by atoms with Crippen LogP contribution in [-0.2, 0) is 36.8 Å². The Hall–Kier alpha value is -14.4. The average Bonchev–Trinajstić information content (AvgIpc) is 1.60. The van der Waals surface area contributed by atoms with Crippen LogP contribution in [0.15, 0.2) is 270 Å². The molecule has 0 atom stereocenters. The molecule has 0 saturated carbocycles. The number of allylic oxidation sites excluding steroid dienone is 2. The van der Waals surface area contributed by atoms with E-state index >= 15 is 0 Å². The van der Waals surface area contributed by atoms with Crippen LogP contribution in [0.2, 0.25) is 0 Å². The maximum Gasteiger partial charge on any atom is 0.338 e. The summed E-state index contributed by atoms with van der Waals surface area (Å²) in [6.07, 6.45) is 1.68. The van der Waals surface area contributed by atoms with E-state index in [1.165, 1.54) is 51.0 Å². The van der Waals surface area contributed by atoms with Gasteiger partial charge < -0.3 is 32.2 Å². The quantitative estimate of drug-likeness (QED) is 0.0295. The monoisotopic (exact) mass is 1460 g/mol. The van der Waals surface area contributed by atoms with Crippen molar-refractivity contribution >= 4 is 125 Å². The lowest BCUT2D eigenvalue weighted by Crippen LogP contribution is -2.22. The maximum atomic E-state index is 12.7. The number of nitrogens with one attached hydrogen (secondary N) is 2. The SMILES string of the molecule is C=C(C)n1c(=O)[nH]c2ccccc21.C=C(C)n1c(=O)n(-c2ccccc2[N+](=O)[O-])c2ccccc21.CC1=Nc2ccccc2NC(=O)C1.CCOC(=O)CC(C)=O.Nc1ccccc1N.Nc1ccccc1N1C(=O)Cc2ccccc21.O=[N+]([O-])c1ccccc1F.[2HH].[2HH].c1ccc2c(c1)Cc1nc3ccccc3n1-2. The molecule has 16 rings (SSSR count). The van der Waals surface area contributed by atoms with Crippen LogP contribution < -0.4 is 38.8 Å². The molecule has 3 aromatic heterocycles. The maximum absolute atomic E-state index is 12.7. The van der Waals surface area contributed by atoms with Crippen LogP contribution >= 0.6 is 0 Å². The number of nitro benzene ring substituents is 2. The summed E-state index contributed by atoms with van der Waals surface area (Å²) in [5, 5.41) is 24.0. The molecular weight excluding hydrogens is 1380 g/mol. The zero-order valence-corrected chi connectivity index (χ0v) is 59.7. The number of hydrogen-bond donors (Lipinski definition) is 5. The van der Waals surface area contributed by atoms with Gasteiger partial charge in [0.25, 0.3) is 5.69 Å². The van der Waals surface area contributed by atoms with E-state index in [4.69, 9.17) is 17.2 Å². The highest BCUT2D eigenvalue weighted by Gasteiger charge is 2.29. The van der Waals surface area contributed by atoms with Gasteiger partial charge in [0, 0.05) is 38.5 Å². The van der Waals surface area contributed by atoms with Crippen molar-refractivity contribution in [1.82, 2.24) is 28.2 Å². The molecule has 0 unspecified atom stereocenters. The van der Waals surface area contributed by atoms with Crippen molar-refractivity contribution in [3.8, 4) is 11.4 Å². The molecule has 3 aliphatic rings. The summed E-state index contributed by atoms with van der Waals surface area (Å²) >= 11 is 0. The highest BCUT2D eigenvalue weighted by molar-refractivity contribution is 6.10. The molecule has 8 N–H and O–H groups in total. The molecule has 2 amide bonds. The molecule has 0 saturated heterocycles. The lowest BCUT2D eigenvalue weighted by molar-refractivity contribution is -0.387. The van der Waals surface area contributed by atoms with Crippen LogP contribution in [0.3, 0.4) is 0 Å². The summed E-state index contributed by atoms with van der Waals surface area (Å²) < 4.78 is 23.5. The van der Waals surface area contributed by atoms with E-state index in [9.17, 15) is 53.4 Å². The predicted molar refractivity (Wildman–Crippen MR) is 428 cm³/mol. The third kappa shape index (κ3) is 19.0. The lowest BCUT2D eigenvalue weighted by atomic mass is 10.1. The van der Waals surface area contributed by atoms with E-state index in [0.717, 1.165) is 80.6 Å². The topological polar surface area (TPSA) is 352 Å². The van der Waals surface area contributed by atoms with Crippen molar-refractivity contribution in [2.45, 2.75) is 60.3 Å². The normalized spacial score (nSPS) is 11.6. The summed E-state index contributed by atoms with van der Waals surface area (Å²) in [7, 11) is 0. The molecule has 25 nitrogen and oxygen atoms in total. The van der Waals surface area contributed by atoms with Gasteiger partial charge in [-0.1, -0.05) is 147 Å². The first-order chi connectivity index (χ1) is 51.9. The second-order valence-corrected chi connectivity index (χ2v) is 24.3. The third-order valence-electron chi connectivity index (χ3n) is 16.3. The number of H-pyrrole nitrogens is 1. The molecule has 0 spiro atoms. The minimum atomic E-state index is -0.799. The number of aliphatic imine (C=N–C) groups is 1. The number of anilines is 6. The first-order valence-corrected chi connectivity index (χ1v) is 33.7. The van der Waals surface area contributed by atoms with Gasteiger partial charge in [0.1, 0.15) is 23.7 Å². The van der Waals surface area contributed by atoms with Gasteiger partial charge in [-0.3, -0.25) is 67.6 Å². The van der Waals surface area contributed by atoms with Gasteiger partial charge in [-0.15, -0.1) is 0 Å². The van der Waals surface area contributed by atoms with Crippen molar-refractivity contribution in [3.63, 3.8) is 0 Å². The van der Waals surface area contributed by atoms with Crippen LogP contribution in [0.4, 0.5) is 55.6 Å². The van der Waals surface area contributed by atoms with E-state index < -0.39 is 27.3 Å². The van der Waals surface area contributed by atoms with Crippen LogP contribution in [0.25, 0.3) is 55.9 Å². The van der Waals surface area contributed by atoms with Gasteiger partial charge in [0.15, 0.2) is 0 Å². The van der Waals surface area contributed by atoms with Crippen LogP contribution in [0.1, 0.15) is 67.3 Å². The van der Waals surface area contributed by atoms with Gasteiger partial charge >= 0.3 is 23.0 Å². The number of nitrogens with two attached hydrogens (primary N) is 3. The van der Waals surface area contributed by atoms with E-state index in [2.05, 4.69) is 85.2 Å². The summed E-state index contributed by atoms with van der Waals surface area (Å²) in [6, 6.07) is 72.8. The number of carbonyl (C=O) groups excluding carboxylic acids is 4. The summed E-state index contributed by atoms with van der Waals surface area (Å²) in [5.74, 6) is -0.163. The number of nitrogen functional groups attached to an aromatic ring is 3. The fourth-order valence-electron chi connectivity index (χ4n) is 11.6. The van der Waals surface area contributed by atoms with Crippen LogP contribution in [0, 0.1) is 26.0 Å². The molecule has 0 radical (unpaired) electrons. The predicted octanol–water partition coefficient (Wildman–Crippen LogP) is 16.2. The number of nitro groups is 2. The van der Waals surface area contributed by atoms with Crippen molar-refractivity contribution in [2.24, 2.45) is 4.99 Å². The van der Waals surface area contributed by atoms with Crippen molar-refractivity contribution in [1.29, 1.82) is 0 Å². The Morgan fingerprint density at radius 3 is 1.65 bits per heavy atom. The Balaban J connectivity index is 0.000000178. The molecule has 108 heavy (non-hydrogen) atoms. The Morgan fingerprint density at radius 1 is 0.556 bits per heavy atom. The Morgan fingerprint density at radius 2 is 1.06 bits per heavy atom. The fraction of sp³-hybridized carbons (Fsp3) is 0.122. The third-order valence-corrected chi connectivity index (χ3v) is 16.3. The summed E-state index contributed by atoms with van der Waals surface area (Å²) in [6.45, 7) is 16.4. The number of nitrogens with zero attached hydrogens (tertiary/aromatic N) is 9. The Labute approximate surface area is 621 Å². The number of halogens is 1. The molecule has 13 aromatic rings. The van der Waals surface area contributed by atoms with Gasteiger partial charge in [-0.05, 0) is 143 Å². The number of carbonyl (C=O) groups is 4. The molecule has 10 aromatic carbocycles. The molecule has 6 heterocycles. The van der Waals surface area contributed by atoms with Gasteiger partial charge in [-0.25, -0.2) is 14.6 Å². The average molecular weight is 1460 g/mol. The molecule has 26 heteroatoms. The van der Waals surface area contributed by atoms with Crippen LogP contribution in [-0.4, -0.2) is 74.0 Å². The van der Waals surface area contributed by atoms with E-state index in [1.807, 2.05) is 135 Å². The number of aromatic nitrogens is 6. The van der Waals surface area contributed by atoms with Gasteiger partial charge in [-0.2, -0.15) is 4.39 Å². The lowest BCUT2D eigenvalue weighted by Gasteiger charge is -2.19. The smallest absolute Gasteiger partial charge is 0.338 e. The number of ether oxygens (including phenoxy) is 1. The standard InChI is InChI=1S/C16H13N3O3.C14H12N2O.C14H10N2.2C10H10N2O.C6H4FNO2.C6H8N2.C6H10O3.2H2/c1-11(2)17-12-7-3-4-8-13(12)18(16(17)20)14-9-5-6-10-15(14)19(21)22;15-11-6-2-4-8-13(11)16-12-7-3-1-5-10(12)9-14(16)17;1-3-7-12-10(5-1)9-14-15-11-6-2-4-8-13(11)16(12)14;1-7(2)12-9-6-4-3-5-8(9)11-10(12)13;1-7-6-10(13)12-9-5-3-2-4-8(9)11-7;7-5-3-1-2-4-6(5)8(9)10;7-5-3-1-2-4-6(5)8;1-3-9-6(8)4-5(2)7;;/h3-10H,1H2,2H3;1-8H,9,15H2;1-8H,9H2;3-6H,1H2,2H3,(H,11,13);2-5H,6H2,1H3,(H,12,13);1-4H;1-4H,7-8H2;3-4H2,1-2H3;2*1H/i;;;;;;;;2*1+1. The largest absolute Gasteiger partial charge is 0.466 e. The van der Waals surface area contributed by atoms with E-state index in [1.54, 1.807) is 71.8 Å². The van der Waals surface area contributed by atoms with Gasteiger partial charge in [0.2, 0.25) is 17.6 Å². The van der Waals surface area contributed by atoms with Crippen molar-refractivity contribution in [2.75, 3.05) is 34.0 Å². The fourth-order valence-corrected chi connectivity index (χ4v) is 11.6. The number of ketones is 1. The van der Waals surface area contributed by atoms with Crippen molar-refractivity contribution < 1.29 is 41.0 Å². The number of imidazole rings is 3. The van der Waals surface area contributed by atoms with Crippen LogP contribution in [0.5, 0.6) is 0 Å². The number of hydrogen-bond acceptors (Lipinski definition) is 16. The first-order valence-electron chi connectivity index (χ1n) is 33.7. The van der Waals surface area contributed by atoms with E-state index in [0.29, 0.717) is 53.2 Å². The minimum Gasteiger partial charge on any atom is -0.466 e. The molecule has 0 aliphatic carbocycles. The Kier molecular flexibility index (Phi) is 26.0. The first kappa shape index (κ1) is 77.7. The second-order valence-electron chi connectivity index (χ2n) is 24.3. The number of benzene rings is 10. The zero-order chi connectivity index (χ0) is 77.7. The number of fused-ring (bicyclic) bond motifs is 9. The highest BCUT2D eigenvalue weighted by Crippen LogP contribution is 2.38. The summed E-state index contributed by atoms with van der Waals surface area (Å²) in [4.78, 5) is 102. The summed E-state index contributed by atoms with van der Waals surface area (Å²) in [5.41, 5.74) is 32.2. The molecular formula is C82H81FN14O11. The zero-order valence-electron chi connectivity index (χ0n) is 59.7. The molecule has 0 fully saturated rings. The molecule has 552 valence electrons. The number of esters is 1. The van der Waals surface area contributed by atoms with Crippen molar-refractivity contribution in [3.05, 3.63) is 320 Å². The second kappa shape index (κ2) is 36.1. The number of Topliss-reactive ketones (excluding diaryl/α,β-unsaturated/α-hetero) is 1. The number of amides is 2.